The van der Waals surface area contributed by atoms with Gasteiger partial charge in [-0.05, 0) is 48.6 Å². The molecular weight excluding hydrogens is 256 g/mol. The lowest BCUT2D eigenvalue weighted by atomic mass is 10.0. The van der Waals surface area contributed by atoms with Gasteiger partial charge in [0.25, 0.3) is 0 Å². The first-order valence-electron chi connectivity index (χ1n) is 6.68. The van der Waals surface area contributed by atoms with E-state index in [0.717, 1.165) is 19.3 Å². The van der Waals surface area contributed by atoms with Crippen molar-refractivity contribution in [3.05, 3.63) is 35.2 Å². The van der Waals surface area contributed by atoms with Gasteiger partial charge in [-0.2, -0.15) is 0 Å². The van der Waals surface area contributed by atoms with E-state index in [2.05, 4.69) is 42.0 Å². The smallest absolute Gasteiger partial charge is 0.0543 e. The number of ether oxygens (including phenoxy) is 1. The third-order valence-corrected chi connectivity index (χ3v) is 4.60. The maximum Gasteiger partial charge on any atom is 0.0543 e. The quantitative estimate of drug-likeness (QED) is 0.604. The Labute approximate surface area is 118 Å². The van der Waals surface area contributed by atoms with Crippen molar-refractivity contribution in [2.24, 2.45) is 5.84 Å². The maximum absolute atomic E-state index is 5.67. The summed E-state index contributed by atoms with van der Waals surface area (Å²) in [5.74, 6) is 5.67. The molecule has 0 spiro atoms. The van der Waals surface area contributed by atoms with Crippen molar-refractivity contribution >= 4 is 21.4 Å². The highest BCUT2D eigenvalue weighted by atomic mass is 32.1. The van der Waals surface area contributed by atoms with Crippen LogP contribution in [0.1, 0.15) is 25.3 Å². The number of hydrogen-bond donors (Lipinski definition) is 2. The molecule has 0 amide bonds. The van der Waals surface area contributed by atoms with Gasteiger partial charge in [0.2, 0.25) is 0 Å². The van der Waals surface area contributed by atoms with Crippen LogP contribution in [0.5, 0.6) is 0 Å². The summed E-state index contributed by atoms with van der Waals surface area (Å²) in [6.45, 7) is 2.09. The summed E-state index contributed by atoms with van der Waals surface area (Å²) in [5.41, 5.74) is 4.32. The van der Waals surface area contributed by atoms with E-state index in [4.69, 9.17) is 10.6 Å². The number of methoxy groups -OCH3 is 1. The number of nitrogens with one attached hydrogen (secondary N) is 1. The topological polar surface area (TPSA) is 47.3 Å². The Morgan fingerprint density at radius 3 is 2.84 bits per heavy atom. The largest absolute Gasteiger partial charge is 0.382 e. The third-order valence-electron chi connectivity index (χ3n) is 3.59. The predicted molar refractivity (Wildman–Crippen MR) is 82.3 cm³/mol. The zero-order valence-electron chi connectivity index (χ0n) is 11.6. The van der Waals surface area contributed by atoms with Crippen LogP contribution >= 0.6 is 11.3 Å². The molecule has 0 bridgehead atoms. The lowest BCUT2D eigenvalue weighted by Gasteiger charge is -2.17. The van der Waals surface area contributed by atoms with E-state index in [9.17, 15) is 0 Å². The van der Waals surface area contributed by atoms with E-state index in [1.807, 2.05) is 0 Å². The zero-order valence-corrected chi connectivity index (χ0v) is 12.4. The van der Waals surface area contributed by atoms with E-state index in [0.29, 0.717) is 6.04 Å². The van der Waals surface area contributed by atoms with Gasteiger partial charge in [-0.3, -0.25) is 11.3 Å². The van der Waals surface area contributed by atoms with E-state index in [-0.39, 0.29) is 6.10 Å². The molecule has 19 heavy (non-hydrogen) atoms. The molecule has 0 aliphatic rings. The van der Waals surface area contributed by atoms with Gasteiger partial charge < -0.3 is 4.74 Å². The molecule has 4 heteroatoms. The SMILES string of the molecule is COC(C)CCC(Cc1csc2ccccc12)NN. The van der Waals surface area contributed by atoms with Crippen LogP contribution in [0, 0.1) is 0 Å². The zero-order chi connectivity index (χ0) is 13.7. The van der Waals surface area contributed by atoms with Crippen LogP contribution in [0.25, 0.3) is 10.1 Å². The fourth-order valence-corrected chi connectivity index (χ4v) is 3.23. The number of thiophene rings is 1. The van der Waals surface area contributed by atoms with Crippen molar-refractivity contribution in [3.8, 4) is 0 Å². The molecule has 0 aliphatic heterocycles. The summed E-state index contributed by atoms with van der Waals surface area (Å²) in [6, 6.07) is 8.84. The lowest BCUT2D eigenvalue weighted by Crippen LogP contribution is -2.37. The van der Waals surface area contributed by atoms with Crippen LogP contribution in [0.2, 0.25) is 0 Å². The fraction of sp³-hybridized carbons (Fsp3) is 0.467. The molecule has 1 aromatic carbocycles. The first-order valence-corrected chi connectivity index (χ1v) is 7.56. The van der Waals surface area contributed by atoms with E-state index < -0.39 is 0 Å². The van der Waals surface area contributed by atoms with Crippen LogP contribution in [-0.4, -0.2) is 19.3 Å². The summed E-state index contributed by atoms with van der Waals surface area (Å²) >= 11 is 1.80. The summed E-state index contributed by atoms with van der Waals surface area (Å²) < 4.78 is 6.63. The second-order valence-corrected chi connectivity index (χ2v) is 5.86. The van der Waals surface area contributed by atoms with Gasteiger partial charge in [0, 0.05) is 17.9 Å². The Kier molecular flexibility index (Phi) is 5.34. The van der Waals surface area contributed by atoms with Crippen LogP contribution in [0.3, 0.4) is 0 Å². The van der Waals surface area contributed by atoms with Crippen molar-refractivity contribution in [3.63, 3.8) is 0 Å². The first kappa shape index (κ1) is 14.5. The fourth-order valence-electron chi connectivity index (χ4n) is 2.25. The van der Waals surface area contributed by atoms with Gasteiger partial charge in [-0.1, -0.05) is 18.2 Å². The Balaban J connectivity index is 2.01. The Morgan fingerprint density at radius 2 is 2.11 bits per heavy atom. The summed E-state index contributed by atoms with van der Waals surface area (Å²) in [4.78, 5) is 0. The van der Waals surface area contributed by atoms with Crippen LogP contribution in [-0.2, 0) is 11.2 Å². The van der Waals surface area contributed by atoms with Crippen LogP contribution in [0.4, 0.5) is 0 Å². The number of fused-ring (bicyclic) bond motifs is 1. The van der Waals surface area contributed by atoms with Gasteiger partial charge >= 0.3 is 0 Å². The Hall–Kier alpha value is -0.940. The van der Waals surface area contributed by atoms with Crippen LogP contribution < -0.4 is 11.3 Å². The molecule has 0 fully saturated rings. The standard InChI is InChI=1S/C15H22N2OS/c1-11(18-2)7-8-13(17-16)9-12-10-19-15-6-4-3-5-14(12)15/h3-6,10-11,13,17H,7-9,16H2,1-2H3. The number of rotatable bonds is 7. The van der Waals surface area contributed by atoms with Gasteiger partial charge in [0.05, 0.1) is 6.10 Å². The average Bonchev–Trinajstić information content (AvgIpc) is 2.86. The van der Waals surface area contributed by atoms with Crippen molar-refractivity contribution in [2.45, 2.75) is 38.3 Å². The van der Waals surface area contributed by atoms with Gasteiger partial charge in [0.1, 0.15) is 0 Å². The molecule has 3 N–H and O–H groups in total. The van der Waals surface area contributed by atoms with E-state index in [1.54, 1.807) is 18.4 Å². The van der Waals surface area contributed by atoms with Crippen molar-refractivity contribution in [1.82, 2.24) is 5.43 Å². The normalized spacial score (nSPS) is 14.7. The van der Waals surface area contributed by atoms with Gasteiger partial charge in [0.15, 0.2) is 0 Å². The summed E-state index contributed by atoms with van der Waals surface area (Å²) in [5, 5.41) is 3.60. The molecule has 2 aromatic rings. The molecule has 104 valence electrons. The minimum atomic E-state index is 0.287. The summed E-state index contributed by atoms with van der Waals surface area (Å²) in [7, 11) is 1.75. The maximum atomic E-state index is 5.67. The molecule has 3 nitrogen and oxygen atoms in total. The monoisotopic (exact) mass is 278 g/mol. The molecule has 2 rings (SSSR count). The predicted octanol–water partition coefficient (Wildman–Crippen LogP) is 3.09. The average molecular weight is 278 g/mol. The third kappa shape index (κ3) is 3.76. The van der Waals surface area contributed by atoms with E-state index in [1.165, 1.54) is 15.6 Å². The highest BCUT2D eigenvalue weighted by Crippen LogP contribution is 2.27. The molecule has 0 aliphatic carbocycles. The second kappa shape index (κ2) is 7.01. The van der Waals surface area contributed by atoms with Crippen molar-refractivity contribution < 1.29 is 4.74 Å². The number of benzene rings is 1. The van der Waals surface area contributed by atoms with Gasteiger partial charge in [-0.15, -0.1) is 11.3 Å². The molecule has 0 saturated carbocycles. The molecule has 2 unspecified atom stereocenters. The number of hydrazine groups is 1. The lowest BCUT2D eigenvalue weighted by molar-refractivity contribution is 0.106. The number of nitrogens with two attached hydrogens (primary N) is 1. The highest BCUT2D eigenvalue weighted by Gasteiger charge is 2.12. The minimum Gasteiger partial charge on any atom is -0.382 e. The van der Waals surface area contributed by atoms with Crippen molar-refractivity contribution in [2.75, 3.05) is 7.11 Å². The second-order valence-electron chi connectivity index (χ2n) is 4.95. The molecule has 2 atom stereocenters. The van der Waals surface area contributed by atoms with E-state index >= 15 is 0 Å². The Morgan fingerprint density at radius 1 is 1.32 bits per heavy atom. The van der Waals surface area contributed by atoms with Crippen LogP contribution in [0.15, 0.2) is 29.6 Å². The molecular formula is C15H22N2OS. The Bertz CT molecular complexity index is 512. The number of hydrogen-bond acceptors (Lipinski definition) is 4. The van der Waals surface area contributed by atoms with Crippen molar-refractivity contribution in [1.29, 1.82) is 0 Å². The minimum absolute atomic E-state index is 0.287. The molecule has 1 heterocycles. The first-order chi connectivity index (χ1) is 9.24. The molecule has 0 saturated heterocycles. The van der Waals surface area contributed by atoms with Gasteiger partial charge in [-0.25, -0.2) is 0 Å². The molecule has 0 radical (unpaired) electrons. The highest BCUT2D eigenvalue weighted by molar-refractivity contribution is 7.17. The summed E-state index contributed by atoms with van der Waals surface area (Å²) in [6.07, 6.45) is 3.30. The molecule has 1 aromatic heterocycles.